The minimum Gasteiger partial charge on any atom is -0.383 e. The standard InChI is InChI=1S/C21H20ClFN2.C2H6/c1-2-14-6-5-8-19(22)17(14)11-10-15-12-16(13-25-21(15)24)18-7-3-4-9-20(18)23;1-2/h3-9,12-13H,2,10-11H2,1H3,(H2,24,25);1-2H3. The second-order valence-corrected chi connectivity index (χ2v) is 6.39. The Balaban J connectivity index is 0.00000126. The van der Waals surface area contributed by atoms with Gasteiger partial charge in [0.15, 0.2) is 0 Å². The zero-order valence-corrected chi connectivity index (χ0v) is 16.9. The molecule has 0 bridgehead atoms. The molecule has 4 heteroatoms. The molecule has 2 N–H and O–H groups in total. The Morgan fingerprint density at radius 1 is 1.00 bits per heavy atom. The van der Waals surface area contributed by atoms with Crippen molar-refractivity contribution < 1.29 is 4.39 Å². The summed E-state index contributed by atoms with van der Waals surface area (Å²) in [7, 11) is 0. The smallest absolute Gasteiger partial charge is 0.131 e. The number of benzene rings is 2. The lowest BCUT2D eigenvalue weighted by molar-refractivity contribution is 0.631. The van der Waals surface area contributed by atoms with Crippen LogP contribution in [-0.4, -0.2) is 4.98 Å². The summed E-state index contributed by atoms with van der Waals surface area (Å²) < 4.78 is 14.0. The number of aryl methyl sites for hydroxylation is 2. The van der Waals surface area contributed by atoms with Crippen LogP contribution in [-0.2, 0) is 19.3 Å². The molecule has 0 aliphatic carbocycles. The van der Waals surface area contributed by atoms with E-state index in [-0.39, 0.29) is 5.82 Å². The summed E-state index contributed by atoms with van der Waals surface area (Å²) in [5.41, 5.74) is 10.6. The van der Waals surface area contributed by atoms with E-state index in [9.17, 15) is 4.39 Å². The van der Waals surface area contributed by atoms with Crippen molar-refractivity contribution in [2.24, 2.45) is 0 Å². The van der Waals surface area contributed by atoms with Crippen LogP contribution in [0.4, 0.5) is 10.2 Å². The first-order chi connectivity index (χ1) is 13.1. The van der Waals surface area contributed by atoms with Crippen LogP contribution in [0.1, 0.15) is 37.5 Å². The highest BCUT2D eigenvalue weighted by atomic mass is 35.5. The van der Waals surface area contributed by atoms with E-state index in [4.69, 9.17) is 17.3 Å². The molecule has 0 spiro atoms. The fraction of sp³-hybridized carbons (Fsp3) is 0.261. The predicted octanol–water partition coefficient (Wildman–Crippen LogP) is 6.50. The Bertz CT molecular complexity index is 893. The van der Waals surface area contributed by atoms with Crippen molar-refractivity contribution in [3.8, 4) is 11.1 Å². The number of hydrogen-bond donors (Lipinski definition) is 1. The highest BCUT2D eigenvalue weighted by Crippen LogP contribution is 2.27. The van der Waals surface area contributed by atoms with E-state index < -0.39 is 0 Å². The molecule has 0 fully saturated rings. The fourth-order valence-electron chi connectivity index (χ4n) is 3.04. The summed E-state index contributed by atoms with van der Waals surface area (Å²) in [5.74, 6) is 0.213. The van der Waals surface area contributed by atoms with Crippen LogP contribution in [0.2, 0.25) is 5.02 Å². The molecule has 142 valence electrons. The van der Waals surface area contributed by atoms with Crippen LogP contribution in [0.3, 0.4) is 0 Å². The molecule has 0 radical (unpaired) electrons. The minimum absolute atomic E-state index is 0.264. The lowest BCUT2D eigenvalue weighted by Gasteiger charge is -2.12. The first-order valence-electron chi connectivity index (χ1n) is 9.35. The van der Waals surface area contributed by atoms with Crippen LogP contribution >= 0.6 is 11.6 Å². The maximum atomic E-state index is 14.0. The Kier molecular flexibility index (Phi) is 7.81. The minimum atomic E-state index is -0.264. The van der Waals surface area contributed by atoms with E-state index in [0.717, 1.165) is 34.6 Å². The van der Waals surface area contributed by atoms with Gasteiger partial charge in [-0.1, -0.05) is 62.7 Å². The van der Waals surface area contributed by atoms with Crippen LogP contribution in [0.25, 0.3) is 11.1 Å². The zero-order valence-electron chi connectivity index (χ0n) is 16.1. The van der Waals surface area contributed by atoms with Gasteiger partial charge in [-0.2, -0.15) is 0 Å². The monoisotopic (exact) mass is 384 g/mol. The van der Waals surface area contributed by atoms with Gasteiger partial charge in [-0.3, -0.25) is 0 Å². The third-order valence-electron chi connectivity index (χ3n) is 4.43. The summed E-state index contributed by atoms with van der Waals surface area (Å²) >= 11 is 6.37. The molecule has 2 aromatic carbocycles. The van der Waals surface area contributed by atoms with E-state index in [1.165, 1.54) is 11.6 Å². The second kappa shape index (κ2) is 10.1. The lowest BCUT2D eigenvalue weighted by atomic mass is 9.97. The van der Waals surface area contributed by atoms with Gasteiger partial charge in [-0.15, -0.1) is 0 Å². The quantitative estimate of drug-likeness (QED) is 0.545. The first-order valence-corrected chi connectivity index (χ1v) is 9.73. The first kappa shape index (κ1) is 20.9. The summed E-state index contributed by atoms with van der Waals surface area (Å²) in [6.45, 7) is 6.11. The van der Waals surface area contributed by atoms with Crippen molar-refractivity contribution in [3.05, 3.63) is 82.3 Å². The molecular formula is C23H26ClFN2. The maximum absolute atomic E-state index is 14.0. The number of halogens is 2. The molecule has 3 aromatic rings. The molecule has 2 nitrogen and oxygen atoms in total. The van der Waals surface area contributed by atoms with Gasteiger partial charge in [0.25, 0.3) is 0 Å². The third kappa shape index (κ3) is 5.08. The molecule has 0 saturated heterocycles. The molecule has 0 aliphatic rings. The number of nitrogens with two attached hydrogens (primary N) is 1. The Morgan fingerprint density at radius 3 is 2.44 bits per heavy atom. The second-order valence-electron chi connectivity index (χ2n) is 5.98. The SMILES string of the molecule is CC.CCc1cccc(Cl)c1CCc1cc(-c2ccccc2F)cnc1N. The Morgan fingerprint density at radius 2 is 1.74 bits per heavy atom. The van der Waals surface area contributed by atoms with E-state index in [2.05, 4.69) is 18.0 Å². The normalized spacial score (nSPS) is 10.3. The van der Waals surface area contributed by atoms with Gasteiger partial charge >= 0.3 is 0 Å². The Labute approximate surface area is 166 Å². The number of nitrogen functional groups attached to an aromatic ring is 1. The highest BCUT2D eigenvalue weighted by Gasteiger charge is 2.11. The molecule has 1 aromatic heterocycles. The molecule has 27 heavy (non-hydrogen) atoms. The average molecular weight is 385 g/mol. The van der Waals surface area contributed by atoms with Crippen molar-refractivity contribution in [2.45, 2.75) is 40.0 Å². The molecular weight excluding hydrogens is 359 g/mol. The topological polar surface area (TPSA) is 38.9 Å². The molecule has 3 rings (SSSR count). The van der Waals surface area contributed by atoms with Gasteiger partial charge in [0.1, 0.15) is 11.6 Å². The number of aromatic nitrogens is 1. The largest absolute Gasteiger partial charge is 0.383 e. The zero-order chi connectivity index (χ0) is 19.8. The molecule has 0 amide bonds. The van der Waals surface area contributed by atoms with Gasteiger partial charge < -0.3 is 5.73 Å². The lowest BCUT2D eigenvalue weighted by Crippen LogP contribution is -2.03. The van der Waals surface area contributed by atoms with Gasteiger partial charge in [0, 0.05) is 22.3 Å². The van der Waals surface area contributed by atoms with Gasteiger partial charge in [-0.05, 0) is 54.2 Å². The van der Waals surface area contributed by atoms with Crippen LogP contribution in [0.5, 0.6) is 0 Å². The van der Waals surface area contributed by atoms with Crippen molar-refractivity contribution in [3.63, 3.8) is 0 Å². The number of nitrogens with zero attached hydrogens (tertiary/aromatic N) is 1. The summed E-state index contributed by atoms with van der Waals surface area (Å²) in [6, 6.07) is 14.6. The van der Waals surface area contributed by atoms with E-state index in [1.54, 1.807) is 18.3 Å². The maximum Gasteiger partial charge on any atom is 0.131 e. The Hall–Kier alpha value is -2.39. The number of rotatable bonds is 5. The predicted molar refractivity (Wildman–Crippen MR) is 114 cm³/mol. The van der Waals surface area contributed by atoms with E-state index in [1.807, 2.05) is 38.1 Å². The van der Waals surface area contributed by atoms with Crippen LogP contribution in [0, 0.1) is 5.82 Å². The number of hydrogen-bond acceptors (Lipinski definition) is 2. The van der Waals surface area contributed by atoms with Gasteiger partial charge in [-0.25, -0.2) is 9.37 Å². The van der Waals surface area contributed by atoms with E-state index >= 15 is 0 Å². The van der Waals surface area contributed by atoms with Crippen LogP contribution in [0.15, 0.2) is 54.7 Å². The van der Waals surface area contributed by atoms with Crippen molar-refractivity contribution >= 4 is 17.4 Å². The summed E-state index contributed by atoms with van der Waals surface area (Å²) in [6.07, 6.45) is 4.02. The van der Waals surface area contributed by atoms with E-state index in [0.29, 0.717) is 17.8 Å². The summed E-state index contributed by atoms with van der Waals surface area (Å²) in [5, 5.41) is 0.774. The highest BCUT2D eigenvalue weighted by molar-refractivity contribution is 6.31. The molecule has 1 heterocycles. The van der Waals surface area contributed by atoms with Gasteiger partial charge in [0.2, 0.25) is 0 Å². The molecule has 0 aliphatic heterocycles. The molecule has 0 atom stereocenters. The fourth-order valence-corrected chi connectivity index (χ4v) is 3.33. The van der Waals surface area contributed by atoms with Crippen molar-refractivity contribution in [2.75, 3.05) is 5.73 Å². The number of anilines is 1. The summed E-state index contributed by atoms with van der Waals surface area (Å²) in [4.78, 5) is 4.25. The number of pyridine rings is 1. The third-order valence-corrected chi connectivity index (χ3v) is 4.78. The van der Waals surface area contributed by atoms with Crippen molar-refractivity contribution in [1.82, 2.24) is 4.98 Å². The molecule has 0 unspecified atom stereocenters. The van der Waals surface area contributed by atoms with Crippen molar-refractivity contribution in [1.29, 1.82) is 0 Å². The average Bonchev–Trinajstić information content (AvgIpc) is 2.70. The molecule has 0 saturated carbocycles. The van der Waals surface area contributed by atoms with Gasteiger partial charge in [0.05, 0.1) is 0 Å². The van der Waals surface area contributed by atoms with Crippen LogP contribution < -0.4 is 5.73 Å².